The van der Waals surface area contributed by atoms with Crippen molar-refractivity contribution in [3.8, 4) is 5.75 Å². The molecule has 174 valence electrons. The number of amides is 2. The van der Waals surface area contributed by atoms with E-state index in [1.807, 2.05) is 30.3 Å². The summed E-state index contributed by atoms with van der Waals surface area (Å²) in [6.07, 6.45) is 0. The summed E-state index contributed by atoms with van der Waals surface area (Å²) >= 11 is 0. The lowest BCUT2D eigenvalue weighted by Gasteiger charge is -2.37. The SMILES string of the molecule is COC(=O)C1=C(CN2CCN(Cc3ccccc3)CC2)NC(=O)NC1c1cccc(OC)c1. The number of urea groups is 1. The van der Waals surface area contributed by atoms with Crippen molar-refractivity contribution < 1.29 is 19.1 Å². The summed E-state index contributed by atoms with van der Waals surface area (Å²) in [4.78, 5) is 30.0. The van der Waals surface area contributed by atoms with Crippen LogP contribution < -0.4 is 15.4 Å². The summed E-state index contributed by atoms with van der Waals surface area (Å²) in [5.74, 6) is 0.189. The Balaban J connectivity index is 1.51. The number of hydrogen-bond acceptors (Lipinski definition) is 6. The lowest BCUT2D eigenvalue weighted by atomic mass is 9.94. The highest BCUT2D eigenvalue weighted by Gasteiger charge is 2.34. The molecule has 8 heteroatoms. The molecule has 0 bridgehead atoms. The van der Waals surface area contributed by atoms with Crippen LogP contribution in [0.15, 0.2) is 65.9 Å². The van der Waals surface area contributed by atoms with Gasteiger partial charge in [-0.1, -0.05) is 42.5 Å². The van der Waals surface area contributed by atoms with Crippen LogP contribution in [0.5, 0.6) is 5.75 Å². The number of esters is 1. The standard InChI is InChI=1S/C25H30N4O4/c1-32-20-10-6-9-19(15-20)23-22(24(30)33-2)21(26-25(31)27-23)17-29-13-11-28(12-14-29)16-18-7-4-3-5-8-18/h3-10,15,23H,11-14,16-17H2,1-2H3,(H2,26,27,31). The molecule has 0 aromatic heterocycles. The number of carbonyl (C=O) groups excluding carboxylic acids is 2. The largest absolute Gasteiger partial charge is 0.497 e. The first-order valence-corrected chi connectivity index (χ1v) is 11.1. The van der Waals surface area contributed by atoms with E-state index in [1.54, 1.807) is 7.11 Å². The molecule has 1 atom stereocenters. The Morgan fingerprint density at radius 2 is 1.67 bits per heavy atom. The van der Waals surface area contributed by atoms with E-state index in [0.717, 1.165) is 38.3 Å². The van der Waals surface area contributed by atoms with Crippen molar-refractivity contribution in [1.29, 1.82) is 0 Å². The van der Waals surface area contributed by atoms with Gasteiger partial charge in [-0.05, 0) is 23.3 Å². The summed E-state index contributed by atoms with van der Waals surface area (Å²) in [6.45, 7) is 4.92. The van der Waals surface area contributed by atoms with E-state index in [9.17, 15) is 9.59 Å². The monoisotopic (exact) mass is 450 g/mol. The third-order valence-corrected chi connectivity index (χ3v) is 6.08. The topological polar surface area (TPSA) is 83.1 Å². The van der Waals surface area contributed by atoms with E-state index in [0.29, 0.717) is 23.6 Å². The van der Waals surface area contributed by atoms with E-state index < -0.39 is 12.0 Å². The first-order chi connectivity index (χ1) is 16.1. The third-order valence-electron chi connectivity index (χ3n) is 6.08. The number of nitrogens with zero attached hydrogens (tertiary/aromatic N) is 2. The van der Waals surface area contributed by atoms with Gasteiger partial charge in [-0.2, -0.15) is 0 Å². The van der Waals surface area contributed by atoms with Gasteiger partial charge in [0.2, 0.25) is 0 Å². The van der Waals surface area contributed by atoms with Crippen LogP contribution in [0.1, 0.15) is 17.2 Å². The van der Waals surface area contributed by atoms with E-state index in [-0.39, 0.29) is 6.03 Å². The molecular weight excluding hydrogens is 420 g/mol. The first-order valence-electron chi connectivity index (χ1n) is 11.1. The number of nitrogens with one attached hydrogen (secondary N) is 2. The van der Waals surface area contributed by atoms with Crippen LogP contribution >= 0.6 is 0 Å². The Labute approximate surface area is 194 Å². The maximum atomic E-state index is 12.8. The highest BCUT2D eigenvalue weighted by Crippen LogP contribution is 2.30. The number of piperazine rings is 1. The molecule has 0 aliphatic carbocycles. The molecule has 2 aliphatic rings. The van der Waals surface area contributed by atoms with Gasteiger partial charge in [-0.25, -0.2) is 9.59 Å². The molecule has 2 aromatic carbocycles. The molecule has 1 unspecified atom stereocenters. The highest BCUT2D eigenvalue weighted by atomic mass is 16.5. The van der Waals surface area contributed by atoms with Gasteiger partial charge in [-0.15, -0.1) is 0 Å². The highest BCUT2D eigenvalue weighted by molar-refractivity contribution is 5.95. The minimum absolute atomic E-state index is 0.340. The maximum absolute atomic E-state index is 12.8. The molecule has 8 nitrogen and oxygen atoms in total. The summed E-state index contributed by atoms with van der Waals surface area (Å²) in [5, 5.41) is 5.71. The molecule has 2 heterocycles. The predicted molar refractivity (Wildman–Crippen MR) is 125 cm³/mol. The first kappa shape index (κ1) is 22.8. The molecule has 33 heavy (non-hydrogen) atoms. The zero-order chi connectivity index (χ0) is 23.2. The normalized spacial score (nSPS) is 19.6. The lowest BCUT2D eigenvalue weighted by molar-refractivity contribution is -0.136. The summed E-state index contributed by atoms with van der Waals surface area (Å²) < 4.78 is 10.4. The van der Waals surface area contributed by atoms with Crippen LogP contribution in [0.2, 0.25) is 0 Å². The fourth-order valence-electron chi connectivity index (χ4n) is 4.34. The molecular formula is C25H30N4O4. The van der Waals surface area contributed by atoms with Crippen molar-refractivity contribution in [1.82, 2.24) is 20.4 Å². The maximum Gasteiger partial charge on any atom is 0.338 e. The van der Waals surface area contributed by atoms with Gasteiger partial charge in [0.25, 0.3) is 0 Å². The number of rotatable bonds is 7. The van der Waals surface area contributed by atoms with E-state index in [4.69, 9.17) is 9.47 Å². The molecule has 0 radical (unpaired) electrons. The third kappa shape index (κ3) is 5.53. The van der Waals surface area contributed by atoms with E-state index >= 15 is 0 Å². The average molecular weight is 451 g/mol. The Morgan fingerprint density at radius 1 is 0.970 bits per heavy atom. The van der Waals surface area contributed by atoms with Crippen molar-refractivity contribution in [2.24, 2.45) is 0 Å². The minimum Gasteiger partial charge on any atom is -0.497 e. The molecule has 0 spiro atoms. The van der Waals surface area contributed by atoms with Gasteiger partial charge in [0, 0.05) is 45.0 Å². The second-order valence-corrected chi connectivity index (χ2v) is 8.23. The summed E-state index contributed by atoms with van der Waals surface area (Å²) in [5.41, 5.74) is 3.05. The van der Waals surface area contributed by atoms with Gasteiger partial charge in [0.05, 0.1) is 25.8 Å². The number of methoxy groups -OCH3 is 2. The molecule has 2 aliphatic heterocycles. The molecule has 1 saturated heterocycles. The van der Waals surface area contributed by atoms with Crippen molar-refractivity contribution in [2.75, 3.05) is 46.9 Å². The predicted octanol–water partition coefficient (Wildman–Crippen LogP) is 2.29. The van der Waals surface area contributed by atoms with Crippen LogP contribution in [-0.2, 0) is 16.1 Å². The number of carbonyl (C=O) groups is 2. The number of ether oxygens (including phenoxy) is 2. The second kappa shape index (κ2) is 10.5. The number of hydrogen-bond donors (Lipinski definition) is 2. The molecule has 4 rings (SSSR count). The van der Waals surface area contributed by atoms with Crippen molar-refractivity contribution in [2.45, 2.75) is 12.6 Å². The lowest BCUT2D eigenvalue weighted by Crippen LogP contribution is -2.51. The van der Waals surface area contributed by atoms with Crippen LogP contribution in [0.4, 0.5) is 4.79 Å². The molecule has 0 saturated carbocycles. The van der Waals surface area contributed by atoms with Gasteiger partial charge < -0.3 is 20.1 Å². The number of benzene rings is 2. The fourth-order valence-corrected chi connectivity index (χ4v) is 4.34. The van der Waals surface area contributed by atoms with Crippen molar-refractivity contribution >= 4 is 12.0 Å². The Hall–Kier alpha value is -3.36. The minimum atomic E-state index is -0.615. The Morgan fingerprint density at radius 3 is 2.33 bits per heavy atom. The van der Waals surface area contributed by atoms with E-state index in [2.05, 4.69) is 44.7 Å². The summed E-state index contributed by atoms with van der Waals surface area (Å²) in [7, 11) is 2.94. The van der Waals surface area contributed by atoms with Gasteiger partial charge in [0.15, 0.2) is 0 Å². The van der Waals surface area contributed by atoms with Gasteiger partial charge >= 0.3 is 12.0 Å². The Kier molecular flexibility index (Phi) is 7.26. The van der Waals surface area contributed by atoms with Crippen LogP contribution in [0.25, 0.3) is 0 Å². The second-order valence-electron chi connectivity index (χ2n) is 8.23. The average Bonchev–Trinajstić information content (AvgIpc) is 2.85. The molecule has 1 fully saturated rings. The molecule has 2 aromatic rings. The van der Waals surface area contributed by atoms with E-state index in [1.165, 1.54) is 12.7 Å². The molecule has 2 N–H and O–H groups in total. The van der Waals surface area contributed by atoms with Gasteiger partial charge in [0.1, 0.15) is 5.75 Å². The van der Waals surface area contributed by atoms with Crippen LogP contribution in [0.3, 0.4) is 0 Å². The van der Waals surface area contributed by atoms with Crippen molar-refractivity contribution in [3.63, 3.8) is 0 Å². The zero-order valence-corrected chi connectivity index (χ0v) is 19.0. The zero-order valence-electron chi connectivity index (χ0n) is 19.0. The van der Waals surface area contributed by atoms with Gasteiger partial charge in [-0.3, -0.25) is 9.80 Å². The van der Waals surface area contributed by atoms with Crippen LogP contribution in [-0.4, -0.2) is 68.7 Å². The summed E-state index contributed by atoms with van der Waals surface area (Å²) in [6, 6.07) is 16.8. The Bertz CT molecular complexity index is 1020. The van der Waals surface area contributed by atoms with Crippen LogP contribution in [0, 0.1) is 0 Å². The van der Waals surface area contributed by atoms with Crippen molar-refractivity contribution in [3.05, 3.63) is 77.0 Å². The quantitative estimate of drug-likeness (QED) is 0.630. The fraction of sp³-hybridized carbons (Fsp3) is 0.360. The molecule has 2 amide bonds. The smallest absolute Gasteiger partial charge is 0.338 e.